The molecule has 2 unspecified atom stereocenters. The maximum Gasteiger partial charge on any atom is 0.267 e. The van der Waals surface area contributed by atoms with Gasteiger partial charge < -0.3 is 19.7 Å². The van der Waals surface area contributed by atoms with Gasteiger partial charge in [0.2, 0.25) is 6.10 Å². The summed E-state index contributed by atoms with van der Waals surface area (Å²) >= 11 is 0. The van der Waals surface area contributed by atoms with Crippen molar-refractivity contribution in [3.8, 4) is 11.5 Å². The molecule has 110 valence electrons. The molecular weight excluding hydrogens is 280 g/mol. The minimum Gasteiger partial charge on any atom is -0.485 e. The summed E-state index contributed by atoms with van der Waals surface area (Å²) in [6.45, 7) is 4.71. The number of fused-ring (bicyclic) bond motifs is 1. The quantitative estimate of drug-likeness (QED) is 0.843. The van der Waals surface area contributed by atoms with Gasteiger partial charge in [-0.15, -0.1) is 12.4 Å². The van der Waals surface area contributed by atoms with Crippen LogP contribution in [0.1, 0.15) is 6.92 Å². The number of ether oxygens (including phenoxy) is 2. The lowest BCUT2D eigenvalue weighted by Gasteiger charge is -2.37. The normalized spacial score (nSPS) is 24.8. The van der Waals surface area contributed by atoms with Gasteiger partial charge in [0.05, 0.1) is 0 Å². The molecule has 0 aliphatic carbocycles. The Bertz CT molecular complexity index is 483. The van der Waals surface area contributed by atoms with E-state index in [4.69, 9.17) is 9.47 Å². The molecular formula is C14H19ClN2O3. The second-order valence-corrected chi connectivity index (χ2v) is 4.95. The summed E-state index contributed by atoms with van der Waals surface area (Å²) in [5.74, 6) is 1.37. The average Bonchev–Trinajstić information content (AvgIpc) is 2.46. The highest BCUT2D eigenvalue weighted by Crippen LogP contribution is 2.31. The molecule has 1 aromatic rings. The van der Waals surface area contributed by atoms with Crippen molar-refractivity contribution in [1.82, 2.24) is 10.2 Å². The molecule has 2 heterocycles. The summed E-state index contributed by atoms with van der Waals surface area (Å²) in [5.41, 5.74) is 0. The van der Waals surface area contributed by atoms with E-state index >= 15 is 0 Å². The number of amides is 1. The highest BCUT2D eigenvalue weighted by Gasteiger charge is 2.33. The zero-order valence-corrected chi connectivity index (χ0v) is 12.2. The van der Waals surface area contributed by atoms with Gasteiger partial charge in [0, 0.05) is 25.7 Å². The van der Waals surface area contributed by atoms with E-state index in [0.717, 1.165) is 19.6 Å². The third-order valence-electron chi connectivity index (χ3n) is 3.57. The van der Waals surface area contributed by atoms with Gasteiger partial charge in [-0.3, -0.25) is 4.79 Å². The number of nitrogens with zero attached hydrogens (tertiary/aromatic N) is 1. The van der Waals surface area contributed by atoms with E-state index < -0.39 is 6.10 Å². The van der Waals surface area contributed by atoms with Crippen molar-refractivity contribution >= 4 is 18.3 Å². The zero-order valence-electron chi connectivity index (χ0n) is 11.4. The summed E-state index contributed by atoms with van der Waals surface area (Å²) in [4.78, 5) is 14.3. The van der Waals surface area contributed by atoms with Crippen LogP contribution in [0.5, 0.6) is 11.5 Å². The van der Waals surface area contributed by atoms with E-state index in [-0.39, 0.29) is 31.0 Å². The van der Waals surface area contributed by atoms with Crippen molar-refractivity contribution < 1.29 is 14.3 Å². The molecule has 1 aromatic carbocycles. The molecule has 1 saturated heterocycles. The molecule has 0 saturated carbocycles. The standard InChI is InChI=1S/C14H18N2O3.ClH/c1-10-8-15-6-7-16(10)14(17)13-9-18-11-4-2-3-5-12(11)19-13;/h2-5,10,13,15H,6-9H2,1H3;1H. The molecule has 0 aromatic heterocycles. The van der Waals surface area contributed by atoms with Crippen molar-refractivity contribution in [2.45, 2.75) is 19.1 Å². The lowest BCUT2D eigenvalue weighted by molar-refractivity contribution is -0.144. The van der Waals surface area contributed by atoms with Crippen molar-refractivity contribution in [2.75, 3.05) is 26.2 Å². The summed E-state index contributed by atoms with van der Waals surface area (Å²) in [6.07, 6.45) is -0.532. The van der Waals surface area contributed by atoms with Crippen LogP contribution in [0.4, 0.5) is 0 Å². The van der Waals surface area contributed by atoms with E-state index in [1.54, 1.807) is 0 Å². The maximum atomic E-state index is 12.5. The molecule has 20 heavy (non-hydrogen) atoms. The number of hydrogen-bond acceptors (Lipinski definition) is 4. The van der Waals surface area contributed by atoms with Gasteiger partial charge in [-0.05, 0) is 19.1 Å². The molecule has 0 bridgehead atoms. The van der Waals surface area contributed by atoms with Crippen LogP contribution < -0.4 is 14.8 Å². The third kappa shape index (κ3) is 2.83. The first kappa shape index (κ1) is 14.9. The minimum atomic E-state index is -0.532. The third-order valence-corrected chi connectivity index (χ3v) is 3.57. The Labute approximate surface area is 124 Å². The fourth-order valence-electron chi connectivity index (χ4n) is 2.49. The van der Waals surface area contributed by atoms with Gasteiger partial charge in [-0.25, -0.2) is 0 Å². The van der Waals surface area contributed by atoms with E-state index in [1.165, 1.54) is 0 Å². The summed E-state index contributed by atoms with van der Waals surface area (Å²) in [5, 5.41) is 3.27. The number of carbonyl (C=O) groups excluding carboxylic acids is 1. The van der Waals surface area contributed by atoms with Crippen molar-refractivity contribution in [2.24, 2.45) is 0 Å². The second-order valence-electron chi connectivity index (χ2n) is 4.95. The molecule has 1 N–H and O–H groups in total. The van der Waals surface area contributed by atoms with E-state index in [9.17, 15) is 4.79 Å². The first-order valence-corrected chi connectivity index (χ1v) is 6.65. The van der Waals surface area contributed by atoms with Gasteiger partial charge in [0.15, 0.2) is 11.5 Å². The first-order valence-electron chi connectivity index (χ1n) is 6.65. The second kappa shape index (κ2) is 6.33. The molecule has 6 heteroatoms. The van der Waals surface area contributed by atoms with Gasteiger partial charge in [0.1, 0.15) is 6.61 Å². The smallest absolute Gasteiger partial charge is 0.267 e. The van der Waals surface area contributed by atoms with Crippen molar-refractivity contribution in [3.05, 3.63) is 24.3 Å². The van der Waals surface area contributed by atoms with Gasteiger partial charge >= 0.3 is 0 Å². The topological polar surface area (TPSA) is 50.8 Å². The van der Waals surface area contributed by atoms with Crippen molar-refractivity contribution in [1.29, 1.82) is 0 Å². The number of halogens is 1. The predicted molar refractivity (Wildman–Crippen MR) is 77.6 cm³/mol. The fourth-order valence-corrected chi connectivity index (χ4v) is 2.49. The zero-order chi connectivity index (χ0) is 13.2. The van der Waals surface area contributed by atoms with Gasteiger partial charge in [-0.2, -0.15) is 0 Å². The molecule has 1 amide bonds. The Morgan fingerprint density at radius 1 is 1.35 bits per heavy atom. The molecule has 0 spiro atoms. The molecule has 2 aliphatic rings. The highest BCUT2D eigenvalue weighted by atomic mass is 35.5. The van der Waals surface area contributed by atoms with Gasteiger partial charge in [0.25, 0.3) is 5.91 Å². The molecule has 2 atom stereocenters. The lowest BCUT2D eigenvalue weighted by atomic mass is 10.1. The highest BCUT2D eigenvalue weighted by molar-refractivity contribution is 5.85. The Hall–Kier alpha value is -1.46. The summed E-state index contributed by atoms with van der Waals surface area (Å²) < 4.78 is 11.4. The fraction of sp³-hybridized carbons (Fsp3) is 0.500. The molecule has 2 aliphatic heterocycles. The van der Waals surface area contributed by atoms with Crippen molar-refractivity contribution in [3.63, 3.8) is 0 Å². The lowest BCUT2D eigenvalue weighted by Crippen LogP contribution is -2.57. The number of rotatable bonds is 1. The number of nitrogens with one attached hydrogen (secondary N) is 1. The van der Waals surface area contributed by atoms with Crippen LogP contribution in [-0.2, 0) is 4.79 Å². The molecule has 0 radical (unpaired) electrons. The number of para-hydroxylation sites is 2. The van der Waals surface area contributed by atoms with E-state index in [1.807, 2.05) is 36.1 Å². The summed E-state index contributed by atoms with van der Waals surface area (Å²) in [6, 6.07) is 7.65. The predicted octanol–water partition coefficient (Wildman–Crippen LogP) is 1.07. The van der Waals surface area contributed by atoms with Crippen LogP contribution in [0, 0.1) is 0 Å². The minimum absolute atomic E-state index is 0. The largest absolute Gasteiger partial charge is 0.485 e. The first-order chi connectivity index (χ1) is 9.25. The molecule has 3 rings (SSSR count). The maximum absolute atomic E-state index is 12.5. The molecule has 1 fully saturated rings. The van der Waals surface area contributed by atoms with Crippen LogP contribution in [0.2, 0.25) is 0 Å². The summed E-state index contributed by atoms with van der Waals surface area (Å²) in [7, 11) is 0. The average molecular weight is 299 g/mol. The van der Waals surface area contributed by atoms with Crippen LogP contribution >= 0.6 is 12.4 Å². The number of piperazine rings is 1. The Balaban J connectivity index is 0.00000147. The van der Waals surface area contributed by atoms with Crippen LogP contribution in [0.25, 0.3) is 0 Å². The van der Waals surface area contributed by atoms with Gasteiger partial charge in [-0.1, -0.05) is 12.1 Å². The van der Waals surface area contributed by atoms with E-state index in [0.29, 0.717) is 11.5 Å². The Morgan fingerprint density at radius 2 is 2.10 bits per heavy atom. The van der Waals surface area contributed by atoms with Crippen LogP contribution in [0.15, 0.2) is 24.3 Å². The number of benzene rings is 1. The van der Waals surface area contributed by atoms with Crippen LogP contribution in [-0.4, -0.2) is 49.2 Å². The number of carbonyl (C=O) groups is 1. The Kier molecular flexibility index (Phi) is 4.73. The van der Waals surface area contributed by atoms with E-state index in [2.05, 4.69) is 5.32 Å². The number of hydrogen-bond donors (Lipinski definition) is 1. The monoisotopic (exact) mass is 298 g/mol. The molecule has 5 nitrogen and oxygen atoms in total. The SMILES string of the molecule is CC1CNCCN1C(=O)C1COc2ccccc2O1.Cl. The van der Waals surface area contributed by atoms with Crippen LogP contribution in [0.3, 0.4) is 0 Å². The Morgan fingerprint density at radius 3 is 2.85 bits per heavy atom.